The fourth-order valence-corrected chi connectivity index (χ4v) is 3.92. The fraction of sp³-hybridized carbons (Fsp3) is 0.600. The normalized spacial score (nSPS) is 37.4. The first-order chi connectivity index (χ1) is 13.1. The summed E-state index contributed by atoms with van der Waals surface area (Å²) in [6, 6.07) is 0. The lowest BCUT2D eigenvalue weighted by Crippen LogP contribution is -2.40. The number of carbonyl (C=O) groups is 2. The standard InChI is InChI=1S/C20H26O8/c1-11(4-7-21)17(23)26-14-8-12(2)20(25)6-5-19(3,28-20)9-15-16(14)13(10-22)18(24)27-15/h4,9,12,14,21-22,25H,5-8,10H2,1-3H3/b11-4+,15-9+/t12-,14+,19-,20+/m1/s1. The first-order valence-corrected chi connectivity index (χ1v) is 9.33. The van der Waals surface area contributed by atoms with E-state index in [2.05, 4.69) is 0 Å². The molecule has 154 valence electrons. The Morgan fingerprint density at radius 3 is 2.75 bits per heavy atom. The molecule has 1 saturated heterocycles. The number of aliphatic hydroxyl groups excluding tert-OH is 2. The molecule has 8 nitrogen and oxygen atoms in total. The molecule has 3 heterocycles. The summed E-state index contributed by atoms with van der Waals surface area (Å²) in [6.45, 7) is 4.19. The number of carbonyl (C=O) groups excluding carboxylic acids is 2. The van der Waals surface area contributed by atoms with Gasteiger partial charge in [-0.25, -0.2) is 9.59 Å². The van der Waals surface area contributed by atoms with Crippen molar-refractivity contribution in [2.24, 2.45) is 5.92 Å². The molecule has 0 aromatic heterocycles. The summed E-state index contributed by atoms with van der Waals surface area (Å²) >= 11 is 0. The average Bonchev–Trinajstić information content (AvgIpc) is 3.10. The van der Waals surface area contributed by atoms with E-state index in [1.807, 2.05) is 0 Å². The molecule has 3 aliphatic heterocycles. The zero-order valence-corrected chi connectivity index (χ0v) is 16.2. The fourth-order valence-electron chi connectivity index (χ4n) is 3.92. The lowest BCUT2D eigenvalue weighted by molar-refractivity contribution is -0.238. The Bertz CT molecular complexity index is 779. The summed E-state index contributed by atoms with van der Waals surface area (Å²) in [6.07, 6.45) is 3.07. The van der Waals surface area contributed by atoms with Gasteiger partial charge in [-0.05, 0) is 38.8 Å². The van der Waals surface area contributed by atoms with Crippen LogP contribution in [-0.2, 0) is 23.8 Å². The van der Waals surface area contributed by atoms with Crippen molar-refractivity contribution in [3.63, 3.8) is 0 Å². The van der Waals surface area contributed by atoms with Crippen LogP contribution in [0.2, 0.25) is 0 Å². The van der Waals surface area contributed by atoms with Crippen LogP contribution in [0.15, 0.2) is 34.6 Å². The summed E-state index contributed by atoms with van der Waals surface area (Å²) in [7, 11) is 0. The number of rotatable bonds is 4. The van der Waals surface area contributed by atoms with Crippen LogP contribution in [0.25, 0.3) is 0 Å². The minimum absolute atomic E-state index is 0.0217. The Morgan fingerprint density at radius 2 is 2.11 bits per heavy atom. The van der Waals surface area contributed by atoms with E-state index in [0.29, 0.717) is 18.4 Å². The van der Waals surface area contributed by atoms with E-state index in [4.69, 9.17) is 19.3 Å². The molecule has 8 heteroatoms. The molecule has 1 fully saturated rings. The van der Waals surface area contributed by atoms with Gasteiger partial charge in [-0.3, -0.25) is 0 Å². The van der Waals surface area contributed by atoms with Crippen molar-refractivity contribution < 1.29 is 39.1 Å². The Balaban J connectivity index is 2.08. The third kappa shape index (κ3) is 3.65. The maximum atomic E-state index is 12.4. The van der Waals surface area contributed by atoms with Crippen molar-refractivity contribution >= 4 is 11.9 Å². The third-order valence-electron chi connectivity index (χ3n) is 5.65. The monoisotopic (exact) mass is 394 g/mol. The summed E-state index contributed by atoms with van der Waals surface area (Å²) in [5.74, 6) is -3.02. The van der Waals surface area contributed by atoms with E-state index < -0.39 is 42.0 Å². The van der Waals surface area contributed by atoms with Gasteiger partial charge in [-0.2, -0.15) is 0 Å². The van der Waals surface area contributed by atoms with Crippen molar-refractivity contribution in [1.29, 1.82) is 0 Å². The summed E-state index contributed by atoms with van der Waals surface area (Å²) in [4.78, 5) is 24.7. The van der Waals surface area contributed by atoms with Gasteiger partial charge in [-0.15, -0.1) is 0 Å². The Hall–Kier alpha value is -2.00. The molecular weight excluding hydrogens is 368 g/mol. The maximum Gasteiger partial charge on any atom is 0.342 e. The van der Waals surface area contributed by atoms with Gasteiger partial charge in [0.15, 0.2) is 5.79 Å². The second-order valence-electron chi connectivity index (χ2n) is 7.81. The molecule has 0 unspecified atom stereocenters. The number of hydrogen-bond donors (Lipinski definition) is 3. The van der Waals surface area contributed by atoms with Gasteiger partial charge in [0.1, 0.15) is 11.9 Å². The van der Waals surface area contributed by atoms with E-state index >= 15 is 0 Å². The second-order valence-corrected chi connectivity index (χ2v) is 7.81. The summed E-state index contributed by atoms with van der Waals surface area (Å²) in [5, 5.41) is 29.7. The molecule has 0 saturated carbocycles. The molecule has 0 aromatic rings. The molecule has 3 rings (SSSR count). The van der Waals surface area contributed by atoms with E-state index in [1.54, 1.807) is 19.9 Å². The third-order valence-corrected chi connectivity index (χ3v) is 5.65. The van der Waals surface area contributed by atoms with Crippen LogP contribution in [-0.4, -0.2) is 58.0 Å². The van der Waals surface area contributed by atoms with Crippen LogP contribution < -0.4 is 0 Å². The molecule has 0 radical (unpaired) electrons. The van der Waals surface area contributed by atoms with E-state index in [0.717, 1.165) is 0 Å². The van der Waals surface area contributed by atoms with Crippen molar-refractivity contribution in [3.8, 4) is 0 Å². The molecule has 4 atom stereocenters. The van der Waals surface area contributed by atoms with Gasteiger partial charge in [0.25, 0.3) is 0 Å². The number of esters is 2. The highest BCUT2D eigenvalue weighted by Gasteiger charge is 2.52. The van der Waals surface area contributed by atoms with Crippen LogP contribution in [0.1, 0.15) is 40.0 Å². The highest BCUT2D eigenvalue weighted by atomic mass is 16.6. The van der Waals surface area contributed by atoms with E-state index in [-0.39, 0.29) is 29.9 Å². The number of ether oxygens (including phenoxy) is 3. The van der Waals surface area contributed by atoms with Gasteiger partial charge >= 0.3 is 11.9 Å². The highest BCUT2D eigenvalue weighted by Crippen LogP contribution is 2.47. The zero-order chi connectivity index (χ0) is 20.7. The average molecular weight is 394 g/mol. The molecule has 0 aliphatic carbocycles. The number of hydrogen-bond acceptors (Lipinski definition) is 8. The van der Waals surface area contributed by atoms with Gasteiger partial charge in [0, 0.05) is 23.5 Å². The maximum absolute atomic E-state index is 12.4. The predicted molar refractivity (Wildman–Crippen MR) is 96.5 cm³/mol. The van der Waals surface area contributed by atoms with Crippen LogP contribution in [0.4, 0.5) is 0 Å². The second kappa shape index (κ2) is 7.44. The Kier molecular flexibility index (Phi) is 5.51. The van der Waals surface area contributed by atoms with Gasteiger partial charge in [-0.1, -0.05) is 6.92 Å². The first-order valence-electron chi connectivity index (χ1n) is 9.33. The van der Waals surface area contributed by atoms with Gasteiger partial charge < -0.3 is 29.5 Å². The van der Waals surface area contributed by atoms with E-state index in [1.165, 1.54) is 13.0 Å². The lowest BCUT2D eigenvalue weighted by atomic mass is 9.86. The quantitative estimate of drug-likeness (QED) is 0.474. The molecule has 0 amide bonds. The van der Waals surface area contributed by atoms with Gasteiger partial charge in [0.05, 0.1) is 24.4 Å². The van der Waals surface area contributed by atoms with Crippen molar-refractivity contribution in [2.45, 2.75) is 57.5 Å². The molecule has 0 aromatic carbocycles. The topological polar surface area (TPSA) is 123 Å². The largest absolute Gasteiger partial charge is 0.454 e. The molecule has 3 aliphatic rings. The lowest BCUT2D eigenvalue weighted by Gasteiger charge is -2.33. The molecular formula is C20H26O8. The van der Waals surface area contributed by atoms with Crippen LogP contribution in [0.3, 0.4) is 0 Å². The zero-order valence-electron chi connectivity index (χ0n) is 16.2. The van der Waals surface area contributed by atoms with E-state index in [9.17, 15) is 19.8 Å². The highest BCUT2D eigenvalue weighted by molar-refractivity contribution is 5.95. The summed E-state index contributed by atoms with van der Waals surface area (Å²) in [5.41, 5.74) is -0.334. The minimum Gasteiger partial charge on any atom is -0.454 e. The van der Waals surface area contributed by atoms with Crippen molar-refractivity contribution in [3.05, 3.63) is 34.6 Å². The van der Waals surface area contributed by atoms with Crippen LogP contribution >= 0.6 is 0 Å². The van der Waals surface area contributed by atoms with Gasteiger partial charge in [0.2, 0.25) is 0 Å². The van der Waals surface area contributed by atoms with Crippen molar-refractivity contribution in [1.82, 2.24) is 0 Å². The Morgan fingerprint density at radius 1 is 1.39 bits per heavy atom. The SMILES string of the molecule is C/C(=C\CO)C(=O)O[C@H]1C[C@@H](C)[C@]2(O)CC[C@](C)(/C=C3/OC(=O)C(CO)=C31)O2. The van der Waals surface area contributed by atoms with Crippen molar-refractivity contribution in [2.75, 3.05) is 13.2 Å². The number of aliphatic hydroxyl groups is 3. The number of fused-ring (bicyclic) bond motifs is 3. The smallest absolute Gasteiger partial charge is 0.342 e. The summed E-state index contributed by atoms with van der Waals surface area (Å²) < 4.78 is 16.9. The van der Waals surface area contributed by atoms with Crippen LogP contribution in [0.5, 0.6) is 0 Å². The molecule has 2 bridgehead atoms. The predicted octanol–water partition coefficient (Wildman–Crippen LogP) is 0.864. The Labute approximate surface area is 163 Å². The first kappa shape index (κ1) is 20.7. The molecule has 28 heavy (non-hydrogen) atoms. The van der Waals surface area contributed by atoms with Crippen LogP contribution in [0, 0.1) is 5.92 Å². The molecule has 3 N–H and O–H groups in total. The minimum atomic E-state index is -1.41. The molecule has 0 spiro atoms.